The number of aromatic carboxylic acids is 1. The minimum Gasteiger partial charge on any atom is -0.543 e. The van der Waals surface area contributed by atoms with E-state index < -0.39 is 5.97 Å². The third-order valence-corrected chi connectivity index (χ3v) is 5.08. The van der Waals surface area contributed by atoms with E-state index >= 15 is 0 Å². The zero-order valence-electron chi connectivity index (χ0n) is 15.0. The van der Waals surface area contributed by atoms with Crippen molar-refractivity contribution in [3.63, 3.8) is 0 Å². The molecule has 8 heteroatoms. The molecule has 1 amide bonds. The maximum Gasteiger partial charge on any atom is 1.00 e. The van der Waals surface area contributed by atoms with Gasteiger partial charge in [0.15, 0.2) is 0 Å². The standard InChI is InChI=1S/C20H14Cl2N2O3.Na/c21-12-9-15(22)17-14(18(20(26)27)23-16(17)10-12)8-11-6-7-24(19(11)25)13-4-2-1-3-5-13;/h1-5,8-10,23H,6-7H2,(H,26,27);/q;+1/p-1. The van der Waals surface area contributed by atoms with Crippen LogP contribution in [0.2, 0.25) is 10.0 Å². The van der Waals surface area contributed by atoms with E-state index in [-0.39, 0.29) is 41.2 Å². The molecule has 1 aromatic heterocycles. The smallest absolute Gasteiger partial charge is 0.543 e. The predicted octanol–water partition coefficient (Wildman–Crippen LogP) is 0.662. The van der Waals surface area contributed by atoms with Gasteiger partial charge in [-0.05, 0) is 36.8 Å². The Morgan fingerprint density at radius 3 is 2.57 bits per heavy atom. The van der Waals surface area contributed by atoms with Crippen LogP contribution in [0.1, 0.15) is 22.5 Å². The number of carboxylic acids is 1. The van der Waals surface area contributed by atoms with Gasteiger partial charge in [-0.2, -0.15) is 0 Å². The summed E-state index contributed by atoms with van der Waals surface area (Å²) in [5, 5.41) is 12.8. The van der Waals surface area contributed by atoms with Gasteiger partial charge in [0.1, 0.15) is 0 Å². The van der Waals surface area contributed by atoms with E-state index in [1.54, 1.807) is 17.0 Å². The van der Waals surface area contributed by atoms with Crippen molar-refractivity contribution in [2.75, 3.05) is 11.4 Å². The SMILES string of the molecule is O=C([O-])c1[nH]c2cc(Cl)cc(Cl)c2c1C=C1CCN(c2ccccc2)C1=O.[Na+]. The first kappa shape index (κ1) is 21.0. The number of nitrogens with zero attached hydrogens (tertiary/aromatic N) is 1. The molecule has 0 aliphatic carbocycles. The molecule has 0 bridgehead atoms. The number of hydrogen-bond acceptors (Lipinski definition) is 3. The van der Waals surface area contributed by atoms with Gasteiger partial charge in [-0.25, -0.2) is 0 Å². The van der Waals surface area contributed by atoms with Crippen LogP contribution in [0.5, 0.6) is 0 Å². The summed E-state index contributed by atoms with van der Waals surface area (Å²) >= 11 is 12.3. The Hall–Kier alpha value is -1.76. The summed E-state index contributed by atoms with van der Waals surface area (Å²) in [6.45, 7) is 0.525. The predicted molar refractivity (Wildman–Crippen MR) is 104 cm³/mol. The first-order valence-corrected chi connectivity index (χ1v) is 9.01. The largest absolute Gasteiger partial charge is 1.00 e. The number of carbonyl (C=O) groups is 2. The van der Waals surface area contributed by atoms with Crippen molar-refractivity contribution in [1.82, 2.24) is 4.98 Å². The van der Waals surface area contributed by atoms with Gasteiger partial charge in [-0.1, -0.05) is 41.4 Å². The number of carboxylic acid groups (broad SMARTS) is 1. The van der Waals surface area contributed by atoms with E-state index in [0.29, 0.717) is 45.1 Å². The number of H-pyrrole nitrogens is 1. The second-order valence-corrected chi connectivity index (χ2v) is 7.07. The number of nitrogens with one attached hydrogen (secondary N) is 1. The van der Waals surface area contributed by atoms with Gasteiger partial charge < -0.3 is 19.8 Å². The first-order valence-electron chi connectivity index (χ1n) is 8.25. The molecule has 0 radical (unpaired) electrons. The Balaban J connectivity index is 0.00000225. The van der Waals surface area contributed by atoms with Crippen LogP contribution < -0.4 is 39.6 Å². The molecule has 28 heavy (non-hydrogen) atoms. The van der Waals surface area contributed by atoms with Crippen LogP contribution >= 0.6 is 23.2 Å². The summed E-state index contributed by atoms with van der Waals surface area (Å²) in [5.74, 6) is -1.54. The molecule has 4 rings (SSSR count). The van der Waals surface area contributed by atoms with Crippen molar-refractivity contribution in [1.29, 1.82) is 0 Å². The maximum absolute atomic E-state index is 12.8. The second-order valence-electron chi connectivity index (χ2n) is 6.22. The van der Waals surface area contributed by atoms with Crippen molar-refractivity contribution in [2.24, 2.45) is 0 Å². The fraction of sp³-hybridized carbons (Fsp3) is 0.100. The quantitative estimate of drug-likeness (QED) is 0.497. The molecule has 1 fully saturated rings. The molecule has 1 N–H and O–H groups in total. The average molecular weight is 423 g/mol. The second kappa shape index (κ2) is 8.31. The van der Waals surface area contributed by atoms with Crippen molar-refractivity contribution in [3.8, 4) is 0 Å². The number of rotatable bonds is 3. The Bertz CT molecular complexity index is 1110. The van der Waals surface area contributed by atoms with E-state index in [0.717, 1.165) is 5.69 Å². The molecule has 3 aromatic rings. The summed E-state index contributed by atoms with van der Waals surface area (Å²) < 4.78 is 0. The average Bonchev–Trinajstić information content (AvgIpc) is 3.17. The number of fused-ring (bicyclic) bond motifs is 1. The summed E-state index contributed by atoms with van der Waals surface area (Å²) in [7, 11) is 0. The molecular formula is C20H13Cl2N2NaO3. The van der Waals surface area contributed by atoms with Crippen molar-refractivity contribution >= 4 is 57.7 Å². The number of hydrogen-bond donors (Lipinski definition) is 1. The van der Waals surface area contributed by atoms with Gasteiger partial charge in [0.05, 0.1) is 16.7 Å². The number of benzene rings is 2. The van der Waals surface area contributed by atoms with Crippen molar-refractivity contribution in [3.05, 3.63) is 69.3 Å². The molecule has 0 unspecified atom stereocenters. The van der Waals surface area contributed by atoms with E-state index in [1.165, 1.54) is 6.07 Å². The number of anilines is 1. The van der Waals surface area contributed by atoms with Crippen LogP contribution in [0.4, 0.5) is 5.69 Å². The van der Waals surface area contributed by atoms with Crippen LogP contribution in [0, 0.1) is 0 Å². The van der Waals surface area contributed by atoms with Crippen molar-refractivity contribution in [2.45, 2.75) is 6.42 Å². The summed E-state index contributed by atoms with van der Waals surface area (Å²) in [6.07, 6.45) is 2.08. The van der Waals surface area contributed by atoms with Crippen LogP contribution in [0.3, 0.4) is 0 Å². The van der Waals surface area contributed by atoms with Gasteiger partial charge in [0.25, 0.3) is 5.91 Å². The molecule has 2 aromatic carbocycles. The van der Waals surface area contributed by atoms with E-state index in [4.69, 9.17) is 23.2 Å². The summed E-state index contributed by atoms with van der Waals surface area (Å²) in [6, 6.07) is 12.4. The van der Waals surface area contributed by atoms with Crippen molar-refractivity contribution < 1.29 is 44.3 Å². The molecular weight excluding hydrogens is 410 g/mol. The fourth-order valence-electron chi connectivity index (χ4n) is 3.35. The zero-order valence-corrected chi connectivity index (χ0v) is 18.5. The number of amides is 1. The minimum atomic E-state index is -1.38. The van der Waals surface area contributed by atoms with Gasteiger partial charge in [-0.3, -0.25) is 4.79 Å². The Labute approximate surface area is 193 Å². The molecule has 1 aliphatic rings. The number of carbonyl (C=O) groups excluding carboxylic acids is 2. The Morgan fingerprint density at radius 1 is 1.18 bits per heavy atom. The first-order chi connectivity index (χ1) is 13.0. The maximum atomic E-state index is 12.8. The Kier molecular flexibility index (Phi) is 6.22. The van der Waals surface area contributed by atoms with E-state index in [2.05, 4.69) is 4.98 Å². The third kappa shape index (κ3) is 3.73. The van der Waals surface area contributed by atoms with Gasteiger partial charge in [0.2, 0.25) is 0 Å². The molecule has 0 atom stereocenters. The monoisotopic (exact) mass is 422 g/mol. The van der Waals surface area contributed by atoms with Gasteiger partial charge in [0, 0.05) is 39.3 Å². The molecule has 1 saturated heterocycles. The van der Waals surface area contributed by atoms with Crippen LogP contribution in [-0.4, -0.2) is 23.4 Å². The van der Waals surface area contributed by atoms with E-state index in [9.17, 15) is 14.7 Å². The summed E-state index contributed by atoms with van der Waals surface area (Å²) in [5.41, 5.74) is 1.98. The molecule has 0 spiro atoms. The number of halogens is 2. The summed E-state index contributed by atoms with van der Waals surface area (Å²) in [4.78, 5) is 28.8. The van der Waals surface area contributed by atoms with Crippen LogP contribution in [0.15, 0.2) is 48.0 Å². The van der Waals surface area contributed by atoms with Gasteiger partial charge in [-0.15, -0.1) is 0 Å². The third-order valence-electron chi connectivity index (χ3n) is 4.57. The number of aromatic nitrogens is 1. The number of para-hydroxylation sites is 1. The molecule has 0 saturated carbocycles. The molecule has 2 heterocycles. The fourth-order valence-corrected chi connectivity index (χ4v) is 3.95. The minimum absolute atomic E-state index is 0. The molecule has 1 aliphatic heterocycles. The van der Waals surface area contributed by atoms with Crippen LogP contribution in [-0.2, 0) is 4.79 Å². The molecule has 136 valence electrons. The number of aromatic amines is 1. The molecule has 5 nitrogen and oxygen atoms in total. The normalized spacial score (nSPS) is 15.3. The topological polar surface area (TPSA) is 76.2 Å². The van der Waals surface area contributed by atoms with Gasteiger partial charge >= 0.3 is 29.6 Å². The van der Waals surface area contributed by atoms with Crippen LogP contribution in [0.25, 0.3) is 17.0 Å². The zero-order chi connectivity index (χ0) is 19.1. The Morgan fingerprint density at radius 2 is 1.89 bits per heavy atom. The van der Waals surface area contributed by atoms with E-state index in [1.807, 2.05) is 30.3 Å².